The third kappa shape index (κ3) is 6.27. The maximum Gasteiger partial charge on any atom is 0.336 e. The second kappa shape index (κ2) is 12.8. The fraction of sp³-hybridized carbons (Fsp3) is 0.320. The lowest BCUT2D eigenvalue weighted by molar-refractivity contribution is -0.139. The molecule has 0 saturated heterocycles. The molecule has 0 bridgehead atoms. The molecule has 190 valence electrons. The van der Waals surface area contributed by atoms with Gasteiger partial charge < -0.3 is 24.8 Å². The lowest BCUT2D eigenvalue weighted by atomic mass is 9.80. The Morgan fingerprint density at radius 2 is 1.92 bits per heavy atom. The molecule has 0 aliphatic carbocycles. The number of nitrogens with one attached hydrogen (secondary N) is 2. The van der Waals surface area contributed by atoms with Crippen molar-refractivity contribution in [1.82, 2.24) is 20.6 Å². The number of allylic oxidation sites excluding steroid dienone is 1. The summed E-state index contributed by atoms with van der Waals surface area (Å²) in [6.45, 7) is 3.87. The van der Waals surface area contributed by atoms with Crippen LogP contribution in [-0.2, 0) is 23.8 Å². The van der Waals surface area contributed by atoms with E-state index in [0.29, 0.717) is 22.0 Å². The van der Waals surface area contributed by atoms with E-state index in [2.05, 4.69) is 20.6 Å². The van der Waals surface area contributed by atoms with Crippen LogP contribution in [0.5, 0.6) is 0 Å². The quantitative estimate of drug-likeness (QED) is 0.363. The predicted octanol–water partition coefficient (Wildman–Crippen LogP) is 2.53. The normalized spacial score (nSPS) is 15.3. The Hall–Kier alpha value is -3.76. The zero-order valence-electron chi connectivity index (χ0n) is 20.2. The van der Waals surface area contributed by atoms with Crippen LogP contribution in [0, 0.1) is 0 Å². The Morgan fingerprint density at radius 1 is 1.14 bits per heavy atom. The van der Waals surface area contributed by atoms with E-state index in [1.54, 1.807) is 38.1 Å². The first-order chi connectivity index (χ1) is 17.4. The number of aromatic nitrogens is 2. The minimum absolute atomic E-state index is 0.0120. The molecule has 1 amide bonds. The highest BCUT2D eigenvalue weighted by atomic mass is 35.5. The van der Waals surface area contributed by atoms with Crippen LogP contribution < -0.4 is 10.6 Å². The first-order valence-electron chi connectivity index (χ1n) is 11.2. The van der Waals surface area contributed by atoms with E-state index in [0.717, 1.165) is 0 Å². The molecule has 1 aliphatic heterocycles. The monoisotopic (exact) mass is 514 g/mol. The predicted molar refractivity (Wildman–Crippen MR) is 131 cm³/mol. The van der Waals surface area contributed by atoms with Gasteiger partial charge in [0.2, 0.25) is 0 Å². The van der Waals surface area contributed by atoms with Gasteiger partial charge in [-0.25, -0.2) is 14.6 Å². The van der Waals surface area contributed by atoms with Crippen molar-refractivity contribution in [3.05, 3.63) is 81.7 Å². The smallest absolute Gasteiger partial charge is 0.336 e. The maximum absolute atomic E-state index is 13.1. The van der Waals surface area contributed by atoms with E-state index in [4.69, 9.17) is 25.8 Å². The summed E-state index contributed by atoms with van der Waals surface area (Å²) in [5.41, 5.74) is 2.10. The van der Waals surface area contributed by atoms with Gasteiger partial charge >= 0.3 is 11.9 Å². The van der Waals surface area contributed by atoms with Gasteiger partial charge in [-0.05, 0) is 25.5 Å². The molecule has 2 N–H and O–H groups in total. The molecule has 0 radical (unpaired) electrons. The molecule has 36 heavy (non-hydrogen) atoms. The van der Waals surface area contributed by atoms with Crippen LogP contribution in [0.1, 0.15) is 35.8 Å². The third-order valence-electron chi connectivity index (χ3n) is 5.34. The molecular weight excluding hydrogens is 488 g/mol. The number of esters is 2. The molecule has 3 rings (SSSR count). The van der Waals surface area contributed by atoms with Crippen LogP contribution >= 0.6 is 11.6 Å². The summed E-state index contributed by atoms with van der Waals surface area (Å²) >= 11 is 6.49. The van der Waals surface area contributed by atoms with E-state index in [1.165, 1.54) is 25.7 Å². The van der Waals surface area contributed by atoms with Gasteiger partial charge in [0.05, 0.1) is 55.9 Å². The van der Waals surface area contributed by atoms with Gasteiger partial charge in [0.25, 0.3) is 5.91 Å². The molecule has 1 unspecified atom stereocenters. The average molecular weight is 515 g/mol. The SMILES string of the molecule is CCOC(=O)C1=C(COCCNC(=O)c2cnccn2)NC(C)=C(C(=O)OC)C1c1ccccc1Cl. The highest BCUT2D eigenvalue weighted by Crippen LogP contribution is 2.41. The second-order valence-corrected chi connectivity index (χ2v) is 8.03. The van der Waals surface area contributed by atoms with E-state index in [9.17, 15) is 14.4 Å². The highest BCUT2D eigenvalue weighted by molar-refractivity contribution is 6.31. The van der Waals surface area contributed by atoms with Crippen LogP contribution in [0.2, 0.25) is 5.02 Å². The molecule has 2 aromatic rings. The molecule has 10 nitrogen and oxygen atoms in total. The van der Waals surface area contributed by atoms with Gasteiger partial charge in [-0.15, -0.1) is 0 Å². The van der Waals surface area contributed by atoms with Crippen molar-refractivity contribution < 1.29 is 28.6 Å². The van der Waals surface area contributed by atoms with Crippen LogP contribution in [0.25, 0.3) is 0 Å². The number of dihydropyridines is 1. The number of rotatable bonds is 10. The van der Waals surface area contributed by atoms with Crippen molar-refractivity contribution in [2.75, 3.05) is 33.5 Å². The van der Waals surface area contributed by atoms with Crippen molar-refractivity contribution in [3.63, 3.8) is 0 Å². The molecule has 2 heterocycles. The van der Waals surface area contributed by atoms with Crippen molar-refractivity contribution in [3.8, 4) is 0 Å². The fourth-order valence-corrected chi connectivity index (χ4v) is 4.02. The summed E-state index contributed by atoms with van der Waals surface area (Å²) in [7, 11) is 1.27. The van der Waals surface area contributed by atoms with Crippen LogP contribution in [0.15, 0.2) is 65.4 Å². The first-order valence-corrected chi connectivity index (χ1v) is 11.6. The van der Waals surface area contributed by atoms with Gasteiger partial charge in [-0.3, -0.25) is 9.78 Å². The maximum atomic E-state index is 13.1. The molecule has 1 atom stereocenters. The molecular formula is C25H27ClN4O6. The number of amides is 1. The third-order valence-corrected chi connectivity index (χ3v) is 5.68. The Labute approximate surface area is 213 Å². The van der Waals surface area contributed by atoms with Crippen LogP contribution in [0.4, 0.5) is 0 Å². The Kier molecular flexibility index (Phi) is 9.54. The van der Waals surface area contributed by atoms with E-state index in [-0.39, 0.29) is 49.1 Å². The number of ether oxygens (including phenoxy) is 3. The number of halogens is 1. The average Bonchev–Trinajstić information content (AvgIpc) is 2.88. The van der Waals surface area contributed by atoms with Gasteiger partial charge in [0.15, 0.2) is 0 Å². The number of methoxy groups -OCH3 is 1. The molecule has 1 aliphatic rings. The number of benzene rings is 1. The first kappa shape index (κ1) is 26.8. The van der Waals surface area contributed by atoms with Gasteiger partial charge in [0.1, 0.15) is 5.69 Å². The van der Waals surface area contributed by atoms with Crippen molar-refractivity contribution >= 4 is 29.4 Å². The second-order valence-electron chi connectivity index (χ2n) is 7.62. The number of nitrogens with zero attached hydrogens (tertiary/aromatic N) is 2. The summed E-state index contributed by atoms with van der Waals surface area (Å²) < 4.78 is 16.1. The Balaban J connectivity index is 1.85. The van der Waals surface area contributed by atoms with Gasteiger partial charge in [0, 0.05) is 29.7 Å². The molecule has 1 aromatic heterocycles. The van der Waals surface area contributed by atoms with Crippen LogP contribution in [-0.4, -0.2) is 61.3 Å². The summed E-state index contributed by atoms with van der Waals surface area (Å²) in [6.07, 6.45) is 4.27. The van der Waals surface area contributed by atoms with Gasteiger partial charge in [-0.1, -0.05) is 29.8 Å². The number of hydrogen-bond donors (Lipinski definition) is 2. The largest absolute Gasteiger partial charge is 0.466 e. The highest BCUT2D eigenvalue weighted by Gasteiger charge is 2.39. The lowest BCUT2D eigenvalue weighted by Crippen LogP contribution is -2.35. The molecule has 0 spiro atoms. The standard InChI is InChI=1S/C25H27ClN4O6/c1-4-36-25(33)22-19(14-35-12-11-29-23(31)18-13-27-9-10-28-18)30-15(2)20(24(32)34-3)21(22)16-7-5-6-8-17(16)26/h5-10,13,21,30H,4,11-12,14H2,1-3H3,(H,29,31). The van der Waals surface area contributed by atoms with Crippen LogP contribution in [0.3, 0.4) is 0 Å². The molecule has 0 saturated carbocycles. The van der Waals surface area contributed by atoms with Crippen molar-refractivity contribution in [2.45, 2.75) is 19.8 Å². The summed E-state index contributed by atoms with van der Waals surface area (Å²) in [5.74, 6) is -2.42. The summed E-state index contributed by atoms with van der Waals surface area (Å²) in [4.78, 5) is 45.8. The minimum atomic E-state index is -0.832. The molecule has 0 fully saturated rings. The van der Waals surface area contributed by atoms with E-state index >= 15 is 0 Å². The summed E-state index contributed by atoms with van der Waals surface area (Å²) in [6, 6.07) is 6.96. The number of hydrogen-bond acceptors (Lipinski definition) is 9. The zero-order valence-corrected chi connectivity index (χ0v) is 20.9. The topological polar surface area (TPSA) is 129 Å². The number of carbonyl (C=O) groups is 3. The van der Waals surface area contributed by atoms with Crippen molar-refractivity contribution in [2.24, 2.45) is 0 Å². The fourth-order valence-electron chi connectivity index (χ4n) is 3.78. The van der Waals surface area contributed by atoms with Crippen molar-refractivity contribution in [1.29, 1.82) is 0 Å². The molecule has 1 aromatic carbocycles. The number of carbonyl (C=O) groups excluding carboxylic acids is 3. The zero-order chi connectivity index (χ0) is 26.1. The molecule has 11 heteroatoms. The summed E-state index contributed by atoms with van der Waals surface area (Å²) in [5, 5.41) is 6.17. The lowest BCUT2D eigenvalue weighted by Gasteiger charge is -2.31. The Morgan fingerprint density at radius 3 is 2.58 bits per heavy atom. The van der Waals surface area contributed by atoms with Gasteiger partial charge in [-0.2, -0.15) is 0 Å². The van der Waals surface area contributed by atoms with E-state index < -0.39 is 17.9 Å². The minimum Gasteiger partial charge on any atom is -0.466 e. The Bertz CT molecular complexity index is 1180. The van der Waals surface area contributed by atoms with E-state index in [1.807, 2.05) is 0 Å².